The molecule has 0 atom stereocenters. The predicted molar refractivity (Wildman–Crippen MR) is 39.7 cm³/mol. The maximum atomic E-state index is 10.4. The molecular formula is C3H5Cl3GeO2. The second-order valence-corrected chi connectivity index (χ2v) is 14.9. The second-order valence-electron chi connectivity index (χ2n) is 1.27. The van der Waals surface area contributed by atoms with Crippen molar-refractivity contribution in [2.24, 2.45) is 0 Å². The first-order chi connectivity index (χ1) is 3.95. The van der Waals surface area contributed by atoms with Gasteiger partial charge in [0, 0.05) is 0 Å². The Morgan fingerprint density at radius 3 is 2.11 bits per heavy atom. The van der Waals surface area contributed by atoms with E-state index in [-0.39, 0.29) is 6.42 Å². The van der Waals surface area contributed by atoms with Crippen molar-refractivity contribution in [1.29, 1.82) is 0 Å². The van der Waals surface area contributed by atoms with E-state index in [9.17, 15) is 4.79 Å². The fourth-order valence-corrected chi connectivity index (χ4v) is 2.39. The second kappa shape index (κ2) is 3.91. The van der Waals surface area contributed by atoms with Crippen LogP contribution in [0, 0.1) is 0 Å². The quantitative estimate of drug-likeness (QED) is 0.703. The molecule has 0 aliphatic heterocycles. The molecule has 0 saturated carbocycles. The molecule has 0 N–H and O–H groups in total. The number of hydrogen-bond donors (Lipinski definition) is 0. The Bertz CT molecular complexity index is 110. The first-order valence-corrected chi connectivity index (χ1v) is 11.4. The van der Waals surface area contributed by atoms with E-state index in [1.807, 2.05) is 0 Å². The molecule has 0 radical (unpaired) electrons. The van der Waals surface area contributed by atoms with E-state index in [1.54, 1.807) is 6.92 Å². The van der Waals surface area contributed by atoms with Gasteiger partial charge in [-0.25, -0.2) is 0 Å². The Morgan fingerprint density at radius 1 is 1.56 bits per heavy atom. The third-order valence-corrected chi connectivity index (χ3v) is 2.68. The third kappa shape index (κ3) is 6.77. The van der Waals surface area contributed by atoms with Crippen molar-refractivity contribution in [2.75, 3.05) is 0 Å². The third-order valence-electron chi connectivity index (χ3n) is 0.518. The molecule has 0 spiro atoms. The van der Waals surface area contributed by atoms with E-state index in [4.69, 9.17) is 30.0 Å². The van der Waals surface area contributed by atoms with Gasteiger partial charge in [0.1, 0.15) is 0 Å². The zero-order chi connectivity index (χ0) is 7.49. The van der Waals surface area contributed by atoms with Gasteiger partial charge in [0.25, 0.3) is 0 Å². The van der Waals surface area contributed by atoms with Crippen LogP contribution in [0.1, 0.15) is 13.3 Å². The summed E-state index contributed by atoms with van der Waals surface area (Å²) in [6.07, 6.45) is 0.249. The topological polar surface area (TPSA) is 26.3 Å². The predicted octanol–water partition coefficient (Wildman–Crippen LogP) is 2.09. The van der Waals surface area contributed by atoms with Gasteiger partial charge in [0.05, 0.1) is 0 Å². The monoisotopic (exact) mass is 252 g/mol. The van der Waals surface area contributed by atoms with Crippen LogP contribution in [0.4, 0.5) is 0 Å². The minimum absolute atomic E-state index is 0.249. The van der Waals surface area contributed by atoms with Gasteiger partial charge in [0.2, 0.25) is 0 Å². The Morgan fingerprint density at radius 2 is 2.00 bits per heavy atom. The SMILES string of the molecule is CCC(=O)[O][Ge]([Cl])([Cl])[Cl]. The van der Waals surface area contributed by atoms with Crippen molar-refractivity contribution < 1.29 is 8.56 Å². The Labute approximate surface area is 68.7 Å². The van der Waals surface area contributed by atoms with Crippen LogP contribution in [-0.2, 0) is 8.56 Å². The zero-order valence-corrected chi connectivity index (χ0v) is 9.02. The van der Waals surface area contributed by atoms with Crippen LogP contribution < -0.4 is 0 Å². The molecule has 0 aliphatic rings. The molecule has 0 aromatic carbocycles. The molecule has 0 amide bonds. The summed E-state index contributed by atoms with van der Waals surface area (Å²) in [5, 5.41) is 0. The van der Waals surface area contributed by atoms with Gasteiger partial charge in [-0.1, -0.05) is 0 Å². The Kier molecular flexibility index (Phi) is 4.29. The molecule has 54 valence electrons. The molecule has 6 heteroatoms. The van der Waals surface area contributed by atoms with Crippen molar-refractivity contribution in [3.8, 4) is 0 Å². The molecule has 0 aromatic heterocycles. The van der Waals surface area contributed by atoms with Crippen LogP contribution in [0.15, 0.2) is 0 Å². The molecule has 0 fully saturated rings. The molecular weight excluding hydrogens is 247 g/mol. The fourth-order valence-electron chi connectivity index (χ4n) is 0.201. The van der Waals surface area contributed by atoms with Crippen LogP contribution in [0.3, 0.4) is 0 Å². The first-order valence-electron chi connectivity index (χ1n) is 2.24. The molecule has 2 nitrogen and oxygen atoms in total. The van der Waals surface area contributed by atoms with Crippen LogP contribution >= 0.6 is 30.0 Å². The number of rotatable bonds is 2. The molecule has 0 unspecified atom stereocenters. The van der Waals surface area contributed by atoms with Gasteiger partial charge < -0.3 is 0 Å². The summed E-state index contributed by atoms with van der Waals surface area (Å²) in [5.74, 6) is -0.449. The standard InChI is InChI=1S/C3H5Cl3GeO2/c1-2-3(8)9-7(4,5)6/h2H2,1H3. The van der Waals surface area contributed by atoms with Gasteiger partial charge in [-0.3, -0.25) is 0 Å². The van der Waals surface area contributed by atoms with E-state index in [0.29, 0.717) is 0 Å². The van der Waals surface area contributed by atoms with Crippen LogP contribution in [0.2, 0.25) is 0 Å². The molecule has 0 heterocycles. The summed E-state index contributed by atoms with van der Waals surface area (Å²) in [6.45, 7) is 1.64. The minimum atomic E-state index is -3.62. The molecule has 0 aromatic rings. The van der Waals surface area contributed by atoms with Crippen molar-refractivity contribution in [3.05, 3.63) is 0 Å². The van der Waals surface area contributed by atoms with Gasteiger partial charge in [-0.2, -0.15) is 0 Å². The van der Waals surface area contributed by atoms with Crippen molar-refractivity contribution >= 4 is 46.8 Å². The van der Waals surface area contributed by atoms with Crippen LogP contribution in [0.25, 0.3) is 0 Å². The van der Waals surface area contributed by atoms with E-state index in [0.717, 1.165) is 0 Å². The molecule has 0 aliphatic carbocycles. The van der Waals surface area contributed by atoms with Gasteiger partial charge in [-0.05, 0) is 0 Å². The van der Waals surface area contributed by atoms with Crippen molar-refractivity contribution in [1.82, 2.24) is 0 Å². The van der Waals surface area contributed by atoms with Crippen molar-refractivity contribution in [3.63, 3.8) is 0 Å². The molecule has 0 rings (SSSR count). The van der Waals surface area contributed by atoms with E-state index < -0.39 is 16.8 Å². The number of carbonyl (C=O) groups excluding carboxylic acids is 1. The summed E-state index contributed by atoms with van der Waals surface area (Å²) in [6, 6.07) is 0. The number of hydrogen-bond acceptors (Lipinski definition) is 2. The molecule has 9 heavy (non-hydrogen) atoms. The zero-order valence-electron chi connectivity index (χ0n) is 4.66. The van der Waals surface area contributed by atoms with Gasteiger partial charge >= 0.3 is 68.7 Å². The summed E-state index contributed by atoms with van der Waals surface area (Å²) in [7, 11) is 12.2. The summed E-state index contributed by atoms with van der Waals surface area (Å²) in [5.41, 5.74) is 0. The Balaban J connectivity index is 3.60. The average molecular weight is 252 g/mol. The summed E-state index contributed by atoms with van der Waals surface area (Å²) in [4.78, 5) is 10.4. The normalized spacial score (nSPS) is 11.1. The maximum absolute atomic E-state index is 10.4. The Hall–Kier alpha value is 0.883. The first kappa shape index (κ1) is 9.88. The van der Waals surface area contributed by atoms with Crippen LogP contribution in [0.5, 0.6) is 0 Å². The molecule has 0 saturated heterocycles. The van der Waals surface area contributed by atoms with E-state index in [1.165, 1.54) is 0 Å². The van der Waals surface area contributed by atoms with E-state index in [2.05, 4.69) is 3.76 Å². The fraction of sp³-hybridized carbons (Fsp3) is 0.667. The number of halogens is 3. The van der Waals surface area contributed by atoms with Gasteiger partial charge in [-0.15, -0.1) is 0 Å². The number of carbonyl (C=O) groups is 1. The summed E-state index contributed by atoms with van der Waals surface area (Å²) < 4.78 is 4.43. The van der Waals surface area contributed by atoms with E-state index >= 15 is 0 Å². The van der Waals surface area contributed by atoms with Crippen molar-refractivity contribution in [2.45, 2.75) is 13.3 Å². The van der Waals surface area contributed by atoms with Gasteiger partial charge in [0.15, 0.2) is 0 Å². The summed E-state index contributed by atoms with van der Waals surface area (Å²) >= 11 is 0. The van der Waals surface area contributed by atoms with Crippen LogP contribution in [-0.4, -0.2) is 16.8 Å². The molecule has 0 bridgehead atoms. The average Bonchev–Trinajstić information content (AvgIpc) is 1.62.